The Morgan fingerprint density at radius 1 is 1.33 bits per heavy atom. The van der Waals surface area contributed by atoms with E-state index in [-0.39, 0.29) is 10.2 Å². The second-order valence-electron chi connectivity index (χ2n) is 4.44. The Balaban J connectivity index is 2.35. The van der Waals surface area contributed by atoms with E-state index < -0.39 is 26.8 Å². The minimum atomic E-state index is -4.04. The molecule has 0 fully saturated rings. The highest BCUT2D eigenvalue weighted by molar-refractivity contribution is 9.10. The zero-order valence-electron chi connectivity index (χ0n) is 11.0. The van der Waals surface area contributed by atoms with Gasteiger partial charge in [-0.05, 0) is 52.7 Å². The van der Waals surface area contributed by atoms with Crippen LogP contribution in [0.25, 0.3) is 0 Å². The van der Waals surface area contributed by atoms with Gasteiger partial charge in [-0.15, -0.1) is 0 Å². The lowest BCUT2D eigenvalue weighted by molar-refractivity contribution is 0.545. The predicted octanol–water partition coefficient (Wildman–Crippen LogP) is 2.60. The average molecular weight is 374 g/mol. The second kappa shape index (κ2) is 6.08. The Kier molecular flexibility index (Phi) is 4.60. The lowest BCUT2D eigenvalue weighted by Gasteiger charge is -2.15. The first kappa shape index (κ1) is 15.9. The van der Waals surface area contributed by atoms with Gasteiger partial charge in [0.15, 0.2) is 5.82 Å². The van der Waals surface area contributed by atoms with Crippen LogP contribution >= 0.6 is 15.9 Å². The van der Waals surface area contributed by atoms with Crippen LogP contribution < -0.4 is 10.5 Å². The third-order valence-corrected chi connectivity index (χ3v) is 4.96. The smallest absolute Gasteiger partial charge is 0.244 e. The summed E-state index contributed by atoms with van der Waals surface area (Å²) < 4.78 is 41.0. The number of anilines is 1. The van der Waals surface area contributed by atoms with Crippen molar-refractivity contribution in [3.05, 3.63) is 52.5 Å². The van der Waals surface area contributed by atoms with E-state index in [9.17, 15) is 12.8 Å². The van der Waals surface area contributed by atoms with Crippen molar-refractivity contribution in [1.82, 2.24) is 9.71 Å². The number of pyridine rings is 1. The first-order valence-electron chi connectivity index (χ1n) is 5.98. The van der Waals surface area contributed by atoms with E-state index in [1.807, 2.05) is 0 Å². The summed E-state index contributed by atoms with van der Waals surface area (Å²) in [4.78, 5) is 3.37. The van der Waals surface area contributed by atoms with Crippen molar-refractivity contribution in [3.63, 3.8) is 0 Å². The molecule has 1 heterocycles. The number of hydrogen-bond acceptors (Lipinski definition) is 4. The van der Waals surface area contributed by atoms with Crippen LogP contribution in [0.3, 0.4) is 0 Å². The molecular formula is C13H13BrFN3O2S. The van der Waals surface area contributed by atoms with Gasteiger partial charge in [0.25, 0.3) is 0 Å². The number of sulfonamides is 1. The Hall–Kier alpha value is -1.51. The van der Waals surface area contributed by atoms with Crippen LogP contribution in [-0.2, 0) is 10.0 Å². The molecule has 0 aliphatic heterocycles. The first-order valence-corrected chi connectivity index (χ1v) is 8.25. The minimum Gasteiger partial charge on any atom is -0.399 e. The number of rotatable bonds is 4. The van der Waals surface area contributed by atoms with E-state index >= 15 is 0 Å². The summed E-state index contributed by atoms with van der Waals surface area (Å²) in [6.07, 6.45) is 3.11. The van der Waals surface area contributed by atoms with Crippen molar-refractivity contribution in [3.8, 4) is 0 Å². The van der Waals surface area contributed by atoms with Gasteiger partial charge in [-0.2, -0.15) is 0 Å². The van der Waals surface area contributed by atoms with E-state index in [0.717, 1.165) is 11.6 Å². The van der Waals surface area contributed by atoms with Crippen LogP contribution in [0, 0.1) is 5.82 Å². The standard InChI is InChI=1S/C13H13BrFN3O2S/c1-8(9-2-4-17-5-3-9)18-21(19,20)12-7-10(16)6-11(14)13(12)15/h2-8,18H,16H2,1H3. The predicted molar refractivity (Wildman–Crippen MR) is 81.5 cm³/mol. The third-order valence-electron chi connectivity index (χ3n) is 2.84. The van der Waals surface area contributed by atoms with Crippen molar-refractivity contribution in [2.45, 2.75) is 17.9 Å². The van der Waals surface area contributed by atoms with Crippen LogP contribution in [0.5, 0.6) is 0 Å². The highest BCUT2D eigenvalue weighted by Crippen LogP contribution is 2.27. The topological polar surface area (TPSA) is 85.1 Å². The van der Waals surface area contributed by atoms with E-state index in [2.05, 4.69) is 25.6 Å². The first-order chi connectivity index (χ1) is 9.81. The molecule has 2 rings (SSSR count). The maximum absolute atomic E-state index is 14.0. The molecule has 0 radical (unpaired) electrons. The number of halogens is 2. The van der Waals surface area contributed by atoms with E-state index in [0.29, 0.717) is 0 Å². The molecule has 21 heavy (non-hydrogen) atoms. The Labute approximate surface area is 130 Å². The zero-order valence-corrected chi connectivity index (χ0v) is 13.4. The van der Waals surface area contributed by atoms with Gasteiger partial charge in [0.05, 0.1) is 4.47 Å². The second-order valence-corrected chi connectivity index (χ2v) is 6.98. The van der Waals surface area contributed by atoms with E-state index in [4.69, 9.17) is 5.73 Å². The molecule has 112 valence electrons. The monoisotopic (exact) mass is 373 g/mol. The Morgan fingerprint density at radius 2 is 1.95 bits per heavy atom. The molecular weight excluding hydrogens is 361 g/mol. The molecule has 0 amide bonds. The van der Waals surface area contributed by atoms with E-state index in [1.165, 1.54) is 6.07 Å². The molecule has 1 atom stereocenters. The number of nitrogens with zero attached hydrogens (tertiary/aromatic N) is 1. The number of nitrogens with one attached hydrogen (secondary N) is 1. The van der Waals surface area contributed by atoms with E-state index in [1.54, 1.807) is 31.5 Å². The van der Waals surface area contributed by atoms with Gasteiger partial charge in [0, 0.05) is 24.1 Å². The van der Waals surface area contributed by atoms with Gasteiger partial charge in [0.1, 0.15) is 4.90 Å². The molecule has 1 aromatic carbocycles. The van der Waals surface area contributed by atoms with Crippen LogP contribution in [-0.4, -0.2) is 13.4 Å². The lowest BCUT2D eigenvalue weighted by Crippen LogP contribution is -2.27. The quantitative estimate of drug-likeness (QED) is 0.806. The number of hydrogen-bond donors (Lipinski definition) is 2. The summed E-state index contributed by atoms with van der Waals surface area (Å²) >= 11 is 2.95. The number of aromatic nitrogens is 1. The normalized spacial score (nSPS) is 13.1. The lowest BCUT2D eigenvalue weighted by atomic mass is 10.1. The van der Waals surface area contributed by atoms with Crippen molar-refractivity contribution in [2.24, 2.45) is 0 Å². The molecule has 0 saturated heterocycles. The molecule has 0 aliphatic rings. The summed E-state index contributed by atoms with van der Waals surface area (Å²) in [5.74, 6) is -0.876. The molecule has 2 aromatic rings. The fourth-order valence-electron chi connectivity index (χ4n) is 1.80. The number of nitrogen functional groups attached to an aromatic ring is 1. The zero-order chi connectivity index (χ0) is 15.6. The van der Waals surface area contributed by atoms with Crippen molar-refractivity contribution >= 4 is 31.6 Å². The fraction of sp³-hybridized carbons (Fsp3) is 0.154. The molecule has 8 heteroatoms. The third kappa shape index (κ3) is 3.58. The van der Waals surface area contributed by atoms with Gasteiger partial charge in [-0.3, -0.25) is 4.98 Å². The molecule has 5 nitrogen and oxygen atoms in total. The van der Waals surface area contributed by atoms with Gasteiger partial charge in [-0.25, -0.2) is 17.5 Å². The molecule has 1 aromatic heterocycles. The Morgan fingerprint density at radius 3 is 2.57 bits per heavy atom. The van der Waals surface area contributed by atoms with Crippen molar-refractivity contribution in [1.29, 1.82) is 0 Å². The average Bonchev–Trinajstić information content (AvgIpc) is 2.43. The van der Waals surface area contributed by atoms with Crippen LogP contribution in [0.4, 0.5) is 10.1 Å². The van der Waals surface area contributed by atoms with Crippen LogP contribution in [0.2, 0.25) is 0 Å². The number of benzene rings is 1. The van der Waals surface area contributed by atoms with Gasteiger partial charge in [0.2, 0.25) is 10.0 Å². The molecule has 0 spiro atoms. The van der Waals surface area contributed by atoms with Gasteiger partial charge in [-0.1, -0.05) is 0 Å². The maximum Gasteiger partial charge on any atom is 0.244 e. The summed E-state index contributed by atoms with van der Waals surface area (Å²) in [7, 11) is -4.04. The summed E-state index contributed by atoms with van der Waals surface area (Å²) in [5.41, 5.74) is 6.44. The highest BCUT2D eigenvalue weighted by atomic mass is 79.9. The van der Waals surface area contributed by atoms with Crippen LogP contribution in [0.15, 0.2) is 46.0 Å². The van der Waals surface area contributed by atoms with Gasteiger partial charge >= 0.3 is 0 Å². The molecule has 1 unspecified atom stereocenters. The SMILES string of the molecule is CC(NS(=O)(=O)c1cc(N)cc(Br)c1F)c1ccncc1. The largest absolute Gasteiger partial charge is 0.399 e. The molecule has 0 aliphatic carbocycles. The maximum atomic E-state index is 14.0. The number of nitrogens with two attached hydrogens (primary N) is 1. The van der Waals surface area contributed by atoms with Crippen molar-refractivity contribution < 1.29 is 12.8 Å². The molecule has 0 saturated carbocycles. The molecule has 3 N–H and O–H groups in total. The van der Waals surface area contributed by atoms with Crippen LogP contribution in [0.1, 0.15) is 18.5 Å². The summed E-state index contributed by atoms with van der Waals surface area (Å²) in [5, 5.41) is 0. The fourth-order valence-corrected chi connectivity index (χ4v) is 3.77. The minimum absolute atomic E-state index is 0.000519. The van der Waals surface area contributed by atoms with Crippen molar-refractivity contribution in [2.75, 3.05) is 5.73 Å². The highest BCUT2D eigenvalue weighted by Gasteiger charge is 2.24. The summed E-state index contributed by atoms with van der Waals surface area (Å²) in [6.45, 7) is 1.66. The molecule has 0 bridgehead atoms. The Bertz CT molecular complexity index is 754. The summed E-state index contributed by atoms with van der Waals surface area (Å²) in [6, 6.07) is 5.22. The van der Waals surface area contributed by atoms with Gasteiger partial charge < -0.3 is 5.73 Å².